The summed E-state index contributed by atoms with van der Waals surface area (Å²) in [5.41, 5.74) is 3.42. The van der Waals surface area contributed by atoms with Crippen LogP contribution in [-0.2, 0) is 16.1 Å². The van der Waals surface area contributed by atoms with Crippen molar-refractivity contribution in [3.63, 3.8) is 0 Å². The Balaban J connectivity index is 1.55. The van der Waals surface area contributed by atoms with Gasteiger partial charge in [0.15, 0.2) is 0 Å². The molecule has 0 spiro atoms. The van der Waals surface area contributed by atoms with Crippen molar-refractivity contribution in [1.29, 1.82) is 0 Å². The first kappa shape index (κ1) is 23.6. The fourth-order valence-electron chi connectivity index (χ4n) is 3.39. The van der Waals surface area contributed by atoms with E-state index in [1.54, 1.807) is 0 Å². The Bertz CT molecular complexity index is 1110. The first-order valence-electron chi connectivity index (χ1n) is 11.5. The molecule has 0 amide bonds. The van der Waals surface area contributed by atoms with Gasteiger partial charge < -0.3 is 23.7 Å². The van der Waals surface area contributed by atoms with E-state index >= 15 is 0 Å². The van der Waals surface area contributed by atoms with Crippen molar-refractivity contribution >= 4 is 0 Å². The SMILES string of the molecule is CCOc1ccc(C#Cc2nc(OC[C@@H]3COCCO3)cc(OCc3ccccc3)c2C)cc1. The van der Waals surface area contributed by atoms with Gasteiger partial charge in [0.25, 0.3) is 0 Å². The third kappa shape index (κ3) is 6.74. The van der Waals surface area contributed by atoms with Gasteiger partial charge in [-0.25, -0.2) is 4.98 Å². The summed E-state index contributed by atoms with van der Waals surface area (Å²) in [5, 5.41) is 0. The van der Waals surface area contributed by atoms with Crippen molar-refractivity contribution in [2.75, 3.05) is 33.0 Å². The number of pyridine rings is 1. The van der Waals surface area contributed by atoms with Crippen LogP contribution in [0.2, 0.25) is 0 Å². The van der Waals surface area contributed by atoms with Gasteiger partial charge in [-0.1, -0.05) is 36.3 Å². The first-order valence-corrected chi connectivity index (χ1v) is 11.5. The van der Waals surface area contributed by atoms with E-state index in [-0.39, 0.29) is 6.10 Å². The van der Waals surface area contributed by atoms with E-state index in [4.69, 9.17) is 23.7 Å². The molecule has 0 unspecified atom stereocenters. The molecular formula is C28H29NO5. The Kier molecular flexibility index (Phi) is 8.39. The summed E-state index contributed by atoms with van der Waals surface area (Å²) in [4.78, 5) is 4.64. The zero-order valence-corrected chi connectivity index (χ0v) is 19.6. The minimum atomic E-state index is -0.121. The summed E-state index contributed by atoms with van der Waals surface area (Å²) < 4.78 is 28.7. The van der Waals surface area contributed by atoms with Crippen LogP contribution in [0.3, 0.4) is 0 Å². The van der Waals surface area contributed by atoms with Gasteiger partial charge in [-0.3, -0.25) is 0 Å². The third-order valence-corrected chi connectivity index (χ3v) is 5.23. The standard InChI is InChI=1S/C28H29NO5/c1-3-31-24-12-9-22(10-13-24)11-14-26-21(2)27(33-18-23-7-5-4-6-8-23)17-28(29-26)34-20-25-19-30-15-16-32-25/h4-10,12-13,17,25H,3,15-16,18-20H2,1-2H3/t25-/m0/s1. The largest absolute Gasteiger partial charge is 0.494 e. The molecule has 1 aliphatic rings. The summed E-state index contributed by atoms with van der Waals surface area (Å²) >= 11 is 0. The molecule has 0 saturated carbocycles. The first-order chi connectivity index (χ1) is 16.7. The quantitative estimate of drug-likeness (QED) is 0.460. The van der Waals surface area contributed by atoms with Gasteiger partial charge in [0.1, 0.15) is 36.5 Å². The van der Waals surface area contributed by atoms with Gasteiger partial charge >= 0.3 is 0 Å². The predicted octanol–water partition coefficient (Wildman–Crippen LogP) is 4.56. The van der Waals surface area contributed by atoms with Crippen LogP contribution in [0.5, 0.6) is 17.4 Å². The molecule has 0 N–H and O–H groups in total. The Morgan fingerprint density at radius 2 is 1.79 bits per heavy atom. The molecule has 0 bridgehead atoms. The molecule has 1 aromatic heterocycles. The molecule has 1 aliphatic heterocycles. The average Bonchev–Trinajstić information content (AvgIpc) is 2.89. The highest BCUT2D eigenvalue weighted by Crippen LogP contribution is 2.26. The molecule has 1 saturated heterocycles. The minimum Gasteiger partial charge on any atom is -0.494 e. The van der Waals surface area contributed by atoms with Crippen molar-refractivity contribution < 1.29 is 23.7 Å². The lowest BCUT2D eigenvalue weighted by Gasteiger charge is -2.23. The van der Waals surface area contributed by atoms with Gasteiger partial charge in [-0.2, -0.15) is 0 Å². The molecule has 4 rings (SSSR count). The van der Waals surface area contributed by atoms with E-state index in [0.29, 0.717) is 57.0 Å². The number of benzene rings is 2. The molecule has 1 atom stereocenters. The van der Waals surface area contributed by atoms with E-state index in [1.807, 2.05) is 74.5 Å². The van der Waals surface area contributed by atoms with Crippen LogP contribution in [0.25, 0.3) is 0 Å². The summed E-state index contributed by atoms with van der Waals surface area (Å²) in [6.45, 7) is 7.02. The van der Waals surface area contributed by atoms with Crippen LogP contribution < -0.4 is 14.2 Å². The number of ether oxygens (including phenoxy) is 5. The van der Waals surface area contributed by atoms with Crippen LogP contribution >= 0.6 is 0 Å². The maximum atomic E-state index is 6.13. The third-order valence-electron chi connectivity index (χ3n) is 5.23. The molecule has 6 heteroatoms. The maximum absolute atomic E-state index is 6.13. The lowest BCUT2D eigenvalue weighted by Crippen LogP contribution is -2.33. The van der Waals surface area contributed by atoms with E-state index < -0.39 is 0 Å². The van der Waals surface area contributed by atoms with Crippen molar-refractivity contribution in [3.8, 4) is 29.2 Å². The summed E-state index contributed by atoms with van der Waals surface area (Å²) in [5.74, 6) is 8.31. The van der Waals surface area contributed by atoms with Crippen LogP contribution in [0.15, 0.2) is 60.7 Å². The molecule has 0 aliphatic carbocycles. The summed E-state index contributed by atoms with van der Waals surface area (Å²) in [6.07, 6.45) is -0.121. The second-order valence-electron chi connectivity index (χ2n) is 7.79. The van der Waals surface area contributed by atoms with Gasteiger partial charge in [0, 0.05) is 17.2 Å². The number of hydrogen-bond donors (Lipinski definition) is 0. The van der Waals surface area contributed by atoms with E-state index in [1.165, 1.54) is 0 Å². The lowest BCUT2D eigenvalue weighted by atomic mass is 10.1. The van der Waals surface area contributed by atoms with Gasteiger partial charge in [-0.05, 0) is 49.6 Å². The highest BCUT2D eigenvalue weighted by Gasteiger charge is 2.17. The minimum absolute atomic E-state index is 0.121. The maximum Gasteiger partial charge on any atom is 0.218 e. The smallest absolute Gasteiger partial charge is 0.218 e. The summed E-state index contributed by atoms with van der Waals surface area (Å²) in [7, 11) is 0. The zero-order chi connectivity index (χ0) is 23.6. The number of aromatic nitrogens is 1. The van der Waals surface area contributed by atoms with Gasteiger partial charge in [0.05, 0.1) is 26.4 Å². The predicted molar refractivity (Wildman–Crippen MR) is 129 cm³/mol. The number of rotatable bonds is 8. The summed E-state index contributed by atoms with van der Waals surface area (Å²) in [6, 6.07) is 19.5. The number of hydrogen-bond acceptors (Lipinski definition) is 6. The topological polar surface area (TPSA) is 59.0 Å². The number of nitrogens with zero attached hydrogens (tertiary/aromatic N) is 1. The van der Waals surface area contributed by atoms with E-state index in [0.717, 1.165) is 22.4 Å². The Labute approximate surface area is 200 Å². The molecule has 0 radical (unpaired) electrons. The molecule has 3 aromatic rings. The highest BCUT2D eigenvalue weighted by molar-refractivity contribution is 5.50. The Morgan fingerprint density at radius 3 is 2.53 bits per heavy atom. The molecule has 1 fully saturated rings. The fourth-order valence-corrected chi connectivity index (χ4v) is 3.39. The lowest BCUT2D eigenvalue weighted by molar-refractivity contribution is -0.102. The van der Waals surface area contributed by atoms with Crippen LogP contribution in [0, 0.1) is 18.8 Å². The molecule has 2 heterocycles. The highest BCUT2D eigenvalue weighted by atomic mass is 16.6. The monoisotopic (exact) mass is 459 g/mol. The van der Waals surface area contributed by atoms with E-state index in [2.05, 4.69) is 16.8 Å². The molecule has 176 valence electrons. The fraction of sp³-hybridized carbons (Fsp3) is 0.321. The molecule has 34 heavy (non-hydrogen) atoms. The second-order valence-corrected chi connectivity index (χ2v) is 7.79. The van der Waals surface area contributed by atoms with Crippen molar-refractivity contribution in [2.24, 2.45) is 0 Å². The van der Waals surface area contributed by atoms with Crippen molar-refractivity contribution in [1.82, 2.24) is 4.98 Å². The average molecular weight is 460 g/mol. The van der Waals surface area contributed by atoms with Gasteiger partial charge in [0.2, 0.25) is 5.88 Å². The van der Waals surface area contributed by atoms with Crippen LogP contribution in [0.1, 0.15) is 29.3 Å². The Hall–Kier alpha value is -3.53. The zero-order valence-electron chi connectivity index (χ0n) is 19.6. The molecule has 6 nitrogen and oxygen atoms in total. The van der Waals surface area contributed by atoms with Crippen molar-refractivity contribution in [3.05, 3.63) is 83.0 Å². The molecular weight excluding hydrogens is 430 g/mol. The second kappa shape index (κ2) is 12.1. The Morgan fingerprint density at radius 1 is 0.971 bits per heavy atom. The van der Waals surface area contributed by atoms with Crippen LogP contribution in [-0.4, -0.2) is 44.1 Å². The van der Waals surface area contributed by atoms with Crippen LogP contribution in [0.4, 0.5) is 0 Å². The van der Waals surface area contributed by atoms with Crippen molar-refractivity contribution in [2.45, 2.75) is 26.6 Å². The van der Waals surface area contributed by atoms with Gasteiger partial charge in [-0.15, -0.1) is 0 Å². The molecule has 2 aromatic carbocycles. The van der Waals surface area contributed by atoms with E-state index in [9.17, 15) is 0 Å². The normalized spacial score (nSPS) is 15.2.